The normalized spacial score (nSPS) is 20.8. The Balaban J connectivity index is 2.50. The highest BCUT2D eigenvalue weighted by atomic mass is 32.2. The summed E-state index contributed by atoms with van der Waals surface area (Å²) in [6.07, 6.45) is 3.45. The summed E-state index contributed by atoms with van der Waals surface area (Å²) < 4.78 is 23.2. The van der Waals surface area contributed by atoms with Gasteiger partial charge in [0.15, 0.2) is 9.84 Å². The lowest BCUT2D eigenvalue weighted by molar-refractivity contribution is 0.602. The highest BCUT2D eigenvalue weighted by molar-refractivity contribution is 7.90. The van der Waals surface area contributed by atoms with Crippen LogP contribution in [0.5, 0.6) is 0 Å². The Labute approximate surface area is 102 Å². The van der Waals surface area contributed by atoms with E-state index in [2.05, 4.69) is 11.8 Å². The van der Waals surface area contributed by atoms with Crippen LogP contribution < -0.4 is 10.6 Å². The fourth-order valence-corrected chi connectivity index (χ4v) is 3.23. The third-order valence-corrected chi connectivity index (χ3v) is 4.46. The molecule has 0 aromatic heterocycles. The van der Waals surface area contributed by atoms with Crippen molar-refractivity contribution in [2.24, 2.45) is 0 Å². The average molecular weight is 254 g/mol. The Kier molecular flexibility index (Phi) is 3.03. The molecule has 1 atom stereocenters. The SMILES string of the molecule is CC1CCCN1c1cccc(S(C)(=O)=O)c1N. The first kappa shape index (κ1) is 12.2. The van der Waals surface area contributed by atoms with Gasteiger partial charge in [0.1, 0.15) is 0 Å². The van der Waals surface area contributed by atoms with Gasteiger partial charge in [-0.05, 0) is 31.9 Å². The fourth-order valence-electron chi connectivity index (χ4n) is 2.40. The predicted molar refractivity (Wildman–Crippen MR) is 70.0 cm³/mol. The van der Waals surface area contributed by atoms with E-state index in [1.165, 1.54) is 6.26 Å². The van der Waals surface area contributed by atoms with Crippen LogP contribution in [0.3, 0.4) is 0 Å². The summed E-state index contributed by atoms with van der Waals surface area (Å²) in [4.78, 5) is 2.42. The van der Waals surface area contributed by atoms with Crippen molar-refractivity contribution < 1.29 is 8.42 Å². The van der Waals surface area contributed by atoms with E-state index in [9.17, 15) is 8.42 Å². The van der Waals surface area contributed by atoms with Crippen molar-refractivity contribution >= 4 is 21.2 Å². The number of nitrogens with two attached hydrogens (primary N) is 1. The predicted octanol–water partition coefficient (Wildman–Crippen LogP) is 1.66. The van der Waals surface area contributed by atoms with Crippen molar-refractivity contribution in [1.82, 2.24) is 0 Å². The number of anilines is 2. The molecule has 1 aliphatic heterocycles. The second-order valence-electron chi connectivity index (χ2n) is 4.65. The topological polar surface area (TPSA) is 63.4 Å². The van der Waals surface area contributed by atoms with Crippen molar-refractivity contribution in [2.75, 3.05) is 23.4 Å². The van der Waals surface area contributed by atoms with Crippen molar-refractivity contribution in [1.29, 1.82) is 0 Å². The Morgan fingerprint density at radius 2 is 2.12 bits per heavy atom. The van der Waals surface area contributed by atoms with E-state index < -0.39 is 9.84 Å². The van der Waals surface area contributed by atoms with Crippen LogP contribution in [-0.4, -0.2) is 27.3 Å². The zero-order valence-electron chi connectivity index (χ0n) is 10.2. The van der Waals surface area contributed by atoms with Crippen LogP contribution in [0.1, 0.15) is 19.8 Å². The van der Waals surface area contributed by atoms with Gasteiger partial charge in [-0.15, -0.1) is 0 Å². The zero-order chi connectivity index (χ0) is 12.6. The number of hydrogen-bond acceptors (Lipinski definition) is 4. The molecule has 1 unspecified atom stereocenters. The van der Waals surface area contributed by atoms with Crippen LogP contribution in [0, 0.1) is 0 Å². The molecule has 0 saturated carbocycles. The maximum atomic E-state index is 11.6. The molecule has 0 aliphatic carbocycles. The van der Waals surface area contributed by atoms with Crippen molar-refractivity contribution in [3.8, 4) is 0 Å². The number of para-hydroxylation sites is 1. The lowest BCUT2D eigenvalue weighted by Gasteiger charge is -2.26. The maximum Gasteiger partial charge on any atom is 0.177 e. The van der Waals surface area contributed by atoms with Crippen LogP contribution in [0.2, 0.25) is 0 Å². The van der Waals surface area contributed by atoms with Crippen molar-refractivity contribution in [2.45, 2.75) is 30.7 Å². The van der Waals surface area contributed by atoms with E-state index in [-0.39, 0.29) is 4.90 Å². The van der Waals surface area contributed by atoms with Crippen molar-refractivity contribution in [3.63, 3.8) is 0 Å². The molecule has 17 heavy (non-hydrogen) atoms. The second-order valence-corrected chi connectivity index (χ2v) is 6.63. The van der Waals surface area contributed by atoms with Crippen molar-refractivity contribution in [3.05, 3.63) is 18.2 Å². The first-order chi connectivity index (χ1) is 7.91. The molecule has 1 heterocycles. The summed E-state index contributed by atoms with van der Waals surface area (Å²) in [6.45, 7) is 3.08. The molecule has 4 nitrogen and oxygen atoms in total. The van der Waals surface area contributed by atoms with E-state index in [0.717, 1.165) is 25.1 Å². The van der Waals surface area contributed by atoms with Gasteiger partial charge in [0.05, 0.1) is 16.3 Å². The highest BCUT2D eigenvalue weighted by Gasteiger charge is 2.24. The molecule has 94 valence electrons. The molecule has 2 rings (SSSR count). The molecule has 0 bridgehead atoms. The summed E-state index contributed by atoms with van der Waals surface area (Å²) >= 11 is 0. The number of benzene rings is 1. The van der Waals surface area contributed by atoms with Crippen LogP contribution in [-0.2, 0) is 9.84 Å². The van der Waals surface area contributed by atoms with E-state index in [0.29, 0.717) is 11.7 Å². The van der Waals surface area contributed by atoms with Gasteiger partial charge in [0, 0.05) is 18.8 Å². The average Bonchev–Trinajstić information content (AvgIpc) is 2.63. The quantitative estimate of drug-likeness (QED) is 0.815. The monoisotopic (exact) mass is 254 g/mol. The molecule has 1 fully saturated rings. The van der Waals surface area contributed by atoms with E-state index in [4.69, 9.17) is 5.73 Å². The molecule has 1 saturated heterocycles. The Morgan fingerprint density at radius 3 is 2.65 bits per heavy atom. The number of nitrogen functional groups attached to an aromatic ring is 1. The minimum Gasteiger partial charge on any atom is -0.396 e. The van der Waals surface area contributed by atoms with Gasteiger partial charge >= 0.3 is 0 Å². The summed E-state index contributed by atoms with van der Waals surface area (Å²) in [7, 11) is -3.25. The van der Waals surface area contributed by atoms with E-state index in [1.807, 2.05) is 6.07 Å². The van der Waals surface area contributed by atoms with Gasteiger partial charge in [-0.1, -0.05) is 6.07 Å². The smallest absolute Gasteiger partial charge is 0.177 e. The zero-order valence-corrected chi connectivity index (χ0v) is 11.0. The first-order valence-corrected chi connectivity index (χ1v) is 7.65. The number of nitrogens with zero attached hydrogens (tertiary/aromatic N) is 1. The standard InChI is InChI=1S/C12H18N2O2S/c1-9-5-4-8-14(9)10-6-3-7-11(12(10)13)17(2,15)16/h3,6-7,9H,4-5,8,13H2,1-2H3. The van der Waals surface area contributed by atoms with Crippen LogP contribution in [0.4, 0.5) is 11.4 Å². The molecular formula is C12H18N2O2S. The van der Waals surface area contributed by atoms with Crippen LogP contribution in [0.25, 0.3) is 0 Å². The van der Waals surface area contributed by atoms with E-state index >= 15 is 0 Å². The molecular weight excluding hydrogens is 236 g/mol. The molecule has 1 aromatic carbocycles. The Hall–Kier alpha value is -1.23. The molecule has 1 aliphatic rings. The van der Waals surface area contributed by atoms with Gasteiger partial charge in [-0.2, -0.15) is 0 Å². The lowest BCUT2D eigenvalue weighted by atomic mass is 10.2. The third-order valence-electron chi connectivity index (χ3n) is 3.30. The van der Waals surface area contributed by atoms with Gasteiger partial charge in [-0.3, -0.25) is 0 Å². The molecule has 2 N–H and O–H groups in total. The summed E-state index contributed by atoms with van der Waals surface area (Å²) in [6, 6.07) is 5.64. The molecule has 0 radical (unpaired) electrons. The molecule has 0 amide bonds. The highest BCUT2D eigenvalue weighted by Crippen LogP contribution is 2.34. The third kappa shape index (κ3) is 2.24. The van der Waals surface area contributed by atoms with Gasteiger partial charge < -0.3 is 10.6 Å². The van der Waals surface area contributed by atoms with E-state index in [1.54, 1.807) is 12.1 Å². The largest absolute Gasteiger partial charge is 0.396 e. The first-order valence-electron chi connectivity index (χ1n) is 5.76. The summed E-state index contributed by atoms with van der Waals surface area (Å²) in [5.74, 6) is 0. The van der Waals surface area contributed by atoms with Crippen LogP contribution >= 0.6 is 0 Å². The second kappa shape index (κ2) is 4.22. The van der Waals surface area contributed by atoms with Gasteiger partial charge in [0.25, 0.3) is 0 Å². The summed E-state index contributed by atoms with van der Waals surface area (Å²) in [5, 5.41) is 0. The maximum absolute atomic E-state index is 11.6. The fraction of sp³-hybridized carbons (Fsp3) is 0.500. The van der Waals surface area contributed by atoms with Gasteiger partial charge in [0.2, 0.25) is 0 Å². The van der Waals surface area contributed by atoms with Crippen LogP contribution in [0.15, 0.2) is 23.1 Å². The van der Waals surface area contributed by atoms with Gasteiger partial charge in [-0.25, -0.2) is 8.42 Å². The minimum absolute atomic E-state index is 0.231. The Bertz CT molecular complexity index is 525. The minimum atomic E-state index is -3.25. The summed E-state index contributed by atoms with van der Waals surface area (Å²) in [5.41, 5.74) is 7.21. The Morgan fingerprint density at radius 1 is 1.41 bits per heavy atom. The lowest BCUT2D eigenvalue weighted by Crippen LogP contribution is -2.27. The molecule has 5 heteroatoms. The molecule has 0 spiro atoms. The number of rotatable bonds is 2. The molecule has 1 aromatic rings. The number of sulfone groups is 1. The number of hydrogen-bond donors (Lipinski definition) is 1.